The highest BCUT2D eigenvalue weighted by atomic mass is 32.1. The summed E-state index contributed by atoms with van der Waals surface area (Å²) in [6.45, 7) is 2.57. The van der Waals surface area contributed by atoms with E-state index in [-0.39, 0.29) is 5.56 Å². The molecule has 0 unspecified atom stereocenters. The van der Waals surface area contributed by atoms with Gasteiger partial charge in [-0.25, -0.2) is 0 Å². The van der Waals surface area contributed by atoms with Gasteiger partial charge in [0.05, 0.1) is 15.6 Å². The molecule has 2 nitrogen and oxygen atoms in total. The summed E-state index contributed by atoms with van der Waals surface area (Å²) >= 11 is 1.10. The van der Waals surface area contributed by atoms with E-state index < -0.39 is 11.7 Å². The molecule has 1 aromatic carbocycles. The van der Waals surface area contributed by atoms with Gasteiger partial charge in [0.2, 0.25) is 0 Å². The number of benzene rings is 1. The lowest BCUT2D eigenvalue weighted by molar-refractivity contribution is -0.137. The molecular weight excluding hydrogens is 263 g/mol. The Morgan fingerprint density at radius 3 is 2.67 bits per heavy atom. The number of rotatable bonds is 3. The molecule has 0 aliphatic rings. The monoisotopic (exact) mass is 275 g/mol. The van der Waals surface area contributed by atoms with Crippen molar-refractivity contribution >= 4 is 21.6 Å². The van der Waals surface area contributed by atoms with Crippen LogP contribution in [0.1, 0.15) is 25.3 Å². The molecule has 0 fully saturated rings. The highest BCUT2D eigenvalue weighted by molar-refractivity contribution is 7.13. The number of aryl methyl sites for hydroxylation is 1. The lowest BCUT2D eigenvalue weighted by atomic mass is 10.2. The van der Waals surface area contributed by atoms with Crippen molar-refractivity contribution in [1.82, 2.24) is 3.96 Å². The molecule has 0 atom stereocenters. The maximum Gasteiger partial charge on any atom is 0.416 e. The van der Waals surface area contributed by atoms with Crippen molar-refractivity contribution in [2.45, 2.75) is 32.5 Å². The molecule has 2 aromatic rings. The Hall–Kier alpha value is -1.30. The maximum absolute atomic E-state index is 12.5. The average Bonchev–Trinajstić information content (AvgIpc) is 2.62. The van der Waals surface area contributed by atoms with E-state index in [4.69, 9.17) is 0 Å². The largest absolute Gasteiger partial charge is 0.416 e. The first-order valence-corrected chi connectivity index (χ1v) is 6.42. The summed E-state index contributed by atoms with van der Waals surface area (Å²) in [6.07, 6.45) is -2.58. The van der Waals surface area contributed by atoms with E-state index in [2.05, 4.69) is 0 Å². The molecule has 18 heavy (non-hydrogen) atoms. The van der Waals surface area contributed by atoms with Gasteiger partial charge in [-0.3, -0.25) is 8.75 Å². The number of unbranched alkanes of at least 4 members (excludes halogenated alkanes) is 1. The molecule has 1 heterocycles. The lowest BCUT2D eigenvalue weighted by Gasteiger charge is -2.04. The van der Waals surface area contributed by atoms with Gasteiger partial charge in [0.1, 0.15) is 0 Å². The Balaban J connectivity index is 2.49. The first-order valence-electron chi connectivity index (χ1n) is 5.64. The van der Waals surface area contributed by atoms with Gasteiger partial charge in [-0.2, -0.15) is 13.2 Å². The van der Waals surface area contributed by atoms with Crippen molar-refractivity contribution in [2.24, 2.45) is 0 Å². The Kier molecular flexibility index (Phi) is 3.47. The average molecular weight is 275 g/mol. The second-order valence-corrected chi connectivity index (χ2v) is 5.12. The molecule has 2 rings (SSSR count). The summed E-state index contributed by atoms with van der Waals surface area (Å²) in [7, 11) is 0. The minimum absolute atomic E-state index is 0.197. The minimum Gasteiger partial charge on any atom is -0.268 e. The van der Waals surface area contributed by atoms with Crippen molar-refractivity contribution in [1.29, 1.82) is 0 Å². The van der Waals surface area contributed by atoms with E-state index in [0.29, 0.717) is 16.6 Å². The highest BCUT2D eigenvalue weighted by Crippen LogP contribution is 2.31. The number of aromatic nitrogens is 1. The van der Waals surface area contributed by atoms with E-state index in [1.54, 1.807) is 0 Å². The van der Waals surface area contributed by atoms with E-state index in [1.165, 1.54) is 10.0 Å². The van der Waals surface area contributed by atoms with Crippen molar-refractivity contribution in [3.63, 3.8) is 0 Å². The van der Waals surface area contributed by atoms with Crippen molar-refractivity contribution in [2.75, 3.05) is 0 Å². The molecule has 0 spiro atoms. The lowest BCUT2D eigenvalue weighted by Crippen LogP contribution is -2.12. The van der Waals surface area contributed by atoms with Gasteiger partial charge in [0.25, 0.3) is 5.56 Å². The van der Waals surface area contributed by atoms with Gasteiger partial charge in [-0.1, -0.05) is 24.9 Å². The summed E-state index contributed by atoms with van der Waals surface area (Å²) in [5, 5.41) is 0.365. The number of hydrogen-bond donors (Lipinski definition) is 0. The van der Waals surface area contributed by atoms with Crippen LogP contribution < -0.4 is 5.56 Å². The molecule has 0 aliphatic carbocycles. The first-order chi connectivity index (χ1) is 8.43. The Bertz CT molecular complexity index is 612. The SMILES string of the molecule is CCCCn1sc2cc(C(F)(F)F)ccc2c1=O. The van der Waals surface area contributed by atoms with Crippen molar-refractivity contribution < 1.29 is 13.2 Å². The molecule has 0 aliphatic heterocycles. The summed E-state index contributed by atoms with van der Waals surface area (Å²) in [5.74, 6) is 0. The normalized spacial score (nSPS) is 12.2. The second kappa shape index (κ2) is 4.76. The zero-order chi connectivity index (χ0) is 13.3. The van der Waals surface area contributed by atoms with Crippen LogP contribution in [0.4, 0.5) is 13.2 Å². The van der Waals surface area contributed by atoms with Gasteiger partial charge in [-0.15, -0.1) is 0 Å². The predicted octanol–water partition coefficient (Wildman–Crippen LogP) is 3.88. The van der Waals surface area contributed by atoms with Gasteiger partial charge >= 0.3 is 6.18 Å². The molecule has 0 radical (unpaired) electrons. The van der Waals surface area contributed by atoms with Crippen LogP contribution in [0.15, 0.2) is 23.0 Å². The summed E-state index contributed by atoms with van der Waals surface area (Å²) in [4.78, 5) is 11.9. The van der Waals surface area contributed by atoms with Crippen LogP contribution in [0, 0.1) is 0 Å². The van der Waals surface area contributed by atoms with Crippen LogP contribution in [0.25, 0.3) is 10.1 Å². The zero-order valence-electron chi connectivity index (χ0n) is 9.75. The first kappa shape index (κ1) is 13.1. The molecule has 98 valence electrons. The van der Waals surface area contributed by atoms with Crippen molar-refractivity contribution in [3.05, 3.63) is 34.1 Å². The van der Waals surface area contributed by atoms with E-state index >= 15 is 0 Å². The van der Waals surface area contributed by atoms with E-state index in [9.17, 15) is 18.0 Å². The fourth-order valence-electron chi connectivity index (χ4n) is 1.69. The minimum atomic E-state index is -4.37. The summed E-state index contributed by atoms with van der Waals surface area (Å²) in [5.41, 5.74) is -0.906. The molecule has 0 saturated carbocycles. The Morgan fingerprint density at radius 2 is 2.06 bits per heavy atom. The van der Waals surface area contributed by atoms with Gasteiger partial charge in [0.15, 0.2) is 0 Å². The second-order valence-electron chi connectivity index (χ2n) is 4.06. The number of alkyl halides is 3. The third-order valence-corrected chi connectivity index (χ3v) is 3.79. The van der Waals surface area contributed by atoms with Crippen LogP contribution in [0.5, 0.6) is 0 Å². The molecule has 1 aromatic heterocycles. The topological polar surface area (TPSA) is 22.0 Å². The van der Waals surface area contributed by atoms with E-state index in [1.807, 2.05) is 6.92 Å². The number of nitrogens with zero attached hydrogens (tertiary/aromatic N) is 1. The quantitative estimate of drug-likeness (QED) is 0.833. The molecule has 0 bridgehead atoms. The molecule has 0 amide bonds. The Labute approximate surface area is 106 Å². The maximum atomic E-state index is 12.5. The summed E-state index contributed by atoms with van der Waals surface area (Å²) in [6, 6.07) is 3.27. The van der Waals surface area contributed by atoms with Crippen LogP contribution in [0.2, 0.25) is 0 Å². The van der Waals surface area contributed by atoms with Crippen LogP contribution in [0.3, 0.4) is 0 Å². The van der Waals surface area contributed by atoms with Gasteiger partial charge < -0.3 is 0 Å². The molecule has 0 saturated heterocycles. The third-order valence-electron chi connectivity index (χ3n) is 2.69. The highest BCUT2D eigenvalue weighted by Gasteiger charge is 2.30. The standard InChI is InChI=1S/C12H12F3NOS/c1-2-3-6-16-11(17)9-5-4-8(12(13,14)15)7-10(9)18-16/h4-5,7H,2-3,6H2,1H3. The predicted molar refractivity (Wildman–Crippen MR) is 66.0 cm³/mol. The van der Waals surface area contributed by atoms with Crippen molar-refractivity contribution in [3.8, 4) is 0 Å². The van der Waals surface area contributed by atoms with Crippen LogP contribution in [-0.4, -0.2) is 3.96 Å². The van der Waals surface area contributed by atoms with Gasteiger partial charge in [-0.05, 0) is 24.6 Å². The zero-order valence-corrected chi connectivity index (χ0v) is 10.6. The van der Waals surface area contributed by atoms with Crippen LogP contribution in [-0.2, 0) is 12.7 Å². The van der Waals surface area contributed by atoms with Gasteiger partial charge in [0, 0.05) is 6.54 Å². The smallest absolute Gasteiger partial charge is 0.268 e. The fourth-order valence-corrected chi connectivity index (χ4v) is 2.77. The van der Waals surface area contributed by atoms with Crippen LogP contribution >= 0.6 is 11.5 Å². The summed E-state index contributed by atoms with van der Waals surface area (Å²) < 4.78 is 39.6. The molecule has 0 N–H and O–H groups in total. The third kappa shape index (κ3) is 2.43. The number of halogens is 3. The number of hydrogen-bond acceptors (Lipinski definition) is 2. The number of fused-ring (bicyclic) bond motifs is 1. The fraction of sp³-hybridized carbons (Fsp3) is 0.417. The molecular formula is C12H12F3NOS. The van der Waals surface area contributed by atoms with E-state index in [0.717, 1.165) is 36.5 Å². The Morgan fingerprint density at radius 1 is 1.33 bits per heavy atom. The molecule has 6 heteroatoms.